The van der Waals surface area contributed by atoms with Crippen LogP contribution in [0.5, 0.6) is 0 Å². The molecule has 0 atom stereocenters. The van der Waals surface area contributed by atoms with Crippen LogP contribution in [0.15, 0.2) is 53.1 Å². The molecule has 0 aliphatic heterocycles. The summed E-state index contributed by atoms with van der Waals surface area (Å²) in [6, 6.07) is 11.7. The molecule has 110 valence electrons. The summed E-state index contributed by atoms with van der Waals surface area (Å²) in [5.74, 6) is -0.216. The van der Waals surface area contributed by atoms with Gasteiger partial charge in [-0.1, -0.05) is 35.9 Å². The van der Waals surface area contributed by atoms with E-state index in [0.717, 1.165) is 16.8 Å². The predicted octanol–water partition coefficient (Wildman–Crippen LogP) is 3.21. The van der Waals surface area contributed by atoms with Crippen LogP contribution in [-0.2, 0) is 0 Å². The molecule has 6 heteroatoms. The maximum atomic E-state index is 11.8. The lowest BCUT2D eigenvalue weighted by molar-refractivity contribution is 0.0959. The van der Waals surface area contributed by atoms with Gasteiger partial charge in [-0.2, -0.15) is 10.2 Å². The summed E-state index contributed by atoms with van der Waals surface area (Å²) in [4.78, 5) is 12.4. The minimum absolute atomic E-state index is 0.216. The van der Waals surface area contributed by atoms with Crippen LogP contribution < -0.4 is 5.43 Å². The number of benzene rings is 1. The molecule has 0 bridgehead atoms. The third kappa shape index (κ3) is 3.12. The number of amides is 1. The molecule has 3 rings (SSSR count). The lowest BCUT2D eigenvalue weighted by Crippen LogP contribution is -2.16. The fourth-order valence-corrected chi connectivity index (χ4v) is 2.58. The van der Waals surface area contributed by atoms with E-state index in [1.807, 2.05) is 42.6 Å². The van der Waals surface area contributed by atoms with Crippen LogP contribution in [-0.4, -0.2) is 22.3 Å². The molecule has 22 heavy (non-hydrogen) atoms. The Balaban J connectivity index is 1.74. The maximum Gasteiger partial charge on any atom is 0.281 e. The molecule has 1 amide bonds. The first-order chi connectivity index (χ1) is 10.7. The van der Waals surface area contributed by atoms with E-state index in [2.05, 4.69) is 20.7 Å². The van der Waals surface area contributed by atoms with Gasteiger partial charge in [0.15, 0.2) is 0 Å². The van der Waals surface area contributed by atoms with Crippen LogP contribution in [0.25, 0.3) is 11.3 Å². The van der Waals surface area contributed by atoms with Gasteiger partial charge < -0.3 is 0 Å². The Kier molecular flexibility index (Phi) is 4.11. The Morgan fingerprint density at radius 3 is 2.86 bits per heavy atom. The number of nitrogens with one attached hydrogen (secondary N) is 2. The monoisotopic (exact) mass is 310 g/mol. The largest absolute Gasteiger partial charge is 0.281 e. The number of H-pyrrole nitrogens is 1. The summed E-state index contributed by atoms with van der Waals surface area (Å²) in [5.41, 5.74) is 6.41. The van der Waals surface area contributed by atoms with Crippen molar-refractivity contribution in [2.24, 2.45) is 5.10 Å². The highest BCUT2D eigenvalue weighted by atomic mass is 32.1. The number of hydrogen-bond donors (Lipinski definition) is 2. The van der Waals surface area contributed by atoms with Gasteiger partial charge in [-0.05, 0) is 18.4 Å². The number of aromatic nitrogens is 2. The highest BCUT2D eigenvalue weighted by Gasteiger charge is 2.07. The summed E-state index contributed by atoms with van der Waals surface area (Å²) in [6.45, 7) is 2.04. The first-order valence-electron chi connectivity index (χ1n) is 6.71. The fraction of sp³-hybridized carbons (Fsp3) is 0.0625. The van der Waals surface area contributed by atoms with Crippen molar-refractivity contribution in [1.82, 2.24) is 15.6 Å². The van der Waals surface area contributed by atoms with Crippen LogP contribution >= 0.6 is 11.3 Å². The van der Waals surface area contributed by atoms with Gasteiger partial charge in [0.05, 0.1) is 23.0 Å². The molecule has 1 aromatic carbocycles. The molecule has 0 radical (unpaired) electrons. The van der Waals surface area contributed by atoms with Crippen molar-refractivity contribution < 1.29 is 4.79 Å². The lowest BCUT2D eigenvalue weighted by atomic mass is 10.1. The Bertz CT molecular complexity index is 788. The van der Waals surface area contributed by atoms with Crippen molar-refractivity contribution in [3.8, 4) is 11.3 Å². The Labute approximate surface area is 131 Å². The Morgan fingerprint density at radius 2 is 2.14 bits per heavy atom. The van der Waals surface area contributed by atoms with Crippen molar-refractivity contribution in [3.63, 3.8) is 0 Å². The van der Waals surface area contributed by atoms with Crippen LogP contribution in [0, 0.1) is 6.92 Å². The van der Waals surface area contributed by atoms with E-state index in [1.54, 1.807) is 18.5 Å². The number of aryl methyl sites for hydroxylation is 1. The standard InChI is InChI=1S/C16H14N4OS/c1-11-4-6-12(7-5-11)15-13(9-17-19-15)10-18-20-16(21)14-3-2-8-22-14/h2-10H,1H3,(H,17,19)(H,20,21)/b18-10+. The molecule has 0 spiro atoms. The molecule has 2 aromatic heterocycles. The zero-order valence-electron chi connectivity index (χ0n) is 11.9. The van der Waals surface area contributed by atoms with Crippen LogP contribution in [0.2, 0.25) is 0 Å². The van der Waals surface area contributed by atoms with Crippen molar-refractivity contribution in [2.45, 2.75) is 6.92 Å². The van der Waals surface area contributed by atoms with Crippen molar-refractivity contribution in [2.75, 3.05) is 0 Å². The number of carbonyl (C=O) groups is 1. The van der Waals surface area contributed by atoms with E-state index < -0.39 is 0 Å². The van der Waals surface area contributed by atoms with Crippen LogP contribution in [0.1, 0.15) is 20.8 Å². The fourth-order valence-electron chi connectivity index (χ4n) is 1.97. The van der Waals surface area contributed by atoms with E-state index >= 15 is 0 Å². The number of rotatable bonds is 4. The molecular formula is C16H14N4OS. The van der Waals surface area contributed by atoms with Crippen LogP contribution in [0.3, 0.4) is 0 Å². The highest BCUT2D eigenvalue weighted by molar-refractivity contribution is 7.12. The van der Waals surface area contributed by atoms with Gasteiger partial charge >= 0.3 is 0 Å². The number of thiophene rings is 1. The van der Waals surface area contributed by atoms with Gasteiger partial charge in [0, 0.05) is 11.1 Å². The zero-order chi connectivity index (χ0) is 15.4. The average Bonchev–Trinajstić information content (AvgIpc) is 3.19. The molecule has 0 aliphatic carbocycles. The second kappa shape index (κ2) is 6.36. The number of nitrogens with zero attached hydrogens (tertiary/aromatic N) is 2. The number of hydrazone groups is 1. The molecule has 3 aromatic rings. The number of hydrogen-bond acceptors (Lipinski definition) is 4. The Morgan fingerprint density at radius 1 is 1.32 bits per heavy atom. The summed E-state index contributed by atoms with van der Waals surface area (Å²) in [5, 5.41) is 12.8. The van der Waals surface area contributed by atoms with Gasteiger partial charge in [0.25, 0.3) is 5.91 Å². The predicted molar refractivity (Wildman–Crippen MR) is 88.1 cm³/mol. The van der Waals surface area contributed by atoms with E-state index in [-0.39, 0.29) is 5.91 Å². The SMILES string of the molecule is Cc1ccc(-c2[nH]ncc2/C=N/NC(=O)c2cccs2)cc1. The molecule has 2 heterocycles. The summed E-state index contributed by atoms with van der Waals surface area (Å²) in [6.07, 6.45) is 3.26. The van der Waals surface area contributed by atoms with Gasteiger partial charge in [0.1, 0.15) is 0 Å². The van der Waals surface area contributed by atoms with Crippen LogP contribution in [0.4, 0.5) is 0 Å². The van der Waals surface area contributed by atoms with Gasteiger partial charge in [0.2, 0.25) is 0 Å². The smallest absolute Gasteiger partial charge is 0.277 e. The minimum Gasteiger partial charge on any atom is -0.277 e. The minimum atomic E-state index is -0.216. The molecule has 0 unspecified atom stereocenters. The van der Waals surface area contributed by atoms with Crippen molar-refractivity contribution in [3.05, 3.63) is 64.0 Å². The van der Waals surface area contributed by atoms with Crippen molar-refractivity contribution in [1.29, 1.82) is 0 Å². The third-order valence-electron chi connectivity index (χ3n) is 3.12. The first kappa shape index (κ1) is 14.2. The summed E-state index contributed by atoms with van der Waals surface area (Å²) < 4.78 is 0. The van der Waals surface area contributed by atoms with Gasteiger partial charge in [-0.3, -0.25) is 9.89 Å². The Hall–Kier alpha value is -2.73. The van der Waals surface area contributed by atoms with E-state index in [0.29, 0.717) is 4.88 Å². The number of carbonyl (C=O) groups excluding carboxylic acids is 1. The summed E-state index contributed by atoms with van der Waals surface area (Å²) in [7, 11) is 0. The van der Waals surface area contributed by atoms with Gasteiger partial charge in [-0.15, -0.1) is 11.3 Å². The average molecular weight is 310 g/mol. The van der Waals surface area contributed by atoms with E-state index in [4.69, 9.17) is 0 Å². The van der Waals surface area contributed by atoms with Crippen molar-refractivity contribution >= 4 is 23.5 Å². The second-order valence-corrected chi connectivity index (χ2v) is 5.69. The number of aromatic amines is 1. The van der Waals surface area contributed by atoms with Gasteiger partial charge in [-0.25, -0.2) is 5.43 Å². The normalized spacial score (nSPS) is 11.0. The highest BCUT2D eigenvalue weighted by Crippen LogP contribution is 2.20. The molecule has 0 saturated carbocycles. The maximum absolute atomic E-state index is 11.8. The topological polar surface area (TPSA) is 70.1 Å². The van der Waals surface area contributed by atoms with E-state index in [9.17, 15) is 4.79 Å². The molecular weight excluding hydrogens is 296 g/mol. The quantitative estimate of drug-likeness (QED) is 0.574. The molecule has 0 saturated heterocycles. The zero-order valence-corrected chi connectivity index (χ0v) is 12.7. The van der Waals surface area contributed by atoms with E-state index in [1.165, 1.54) is 16.9 Å². The third-order valence-corrected chi connectivity index (χ3v) is 3.99. The second-order valence-electron chi connectivity index (χ2n) is 4.74. The molecule has 5 nitrogen and oxygen atoms in total. The first-order valence-corrected chi connectivity index (χ1v) is 7.59. The molecule has 2 N–H and O–H groups in total. The lowest BCUT2D eigenvalue weighted by Gasteiger charge is -2.00. The molecule has 0 fully saturated rings. The summed E-state index contributed by atoms with van der Waals surface area (Å²) >= 11 is 1.38. The molecule has 0 aliphatic rings.